The molecule has 3 aromatic rings. The Labute approximate surface area is 175 Å². The molecule has 0 saturated carbocycles. The van der Waals surface area contributed by atoms with Gasteiger partial charge in [-0.25, -0.2) is 0 Å². The summed E-state index contributed by atoms with van der Waals surface area (Å²) in [5, 5.41) is 0. The van der Waals surface area contributed by atoms with Gasteiger partial charge in [-0.3, -0.25) is 0 Å². The van der Waals surface area contributed by atoms with Gasteiger partial charge in [0.1, 0.15) is 0 Å². The van der Waals surface area contributed by atoms with Crippen molar-refractivity contribution in [2.24, 2.45) is 0 Å². The summed E-state index contributed by atoms with van der Waals surface area (Å²) >= 11 is 0. The molecular formula is C22H23F6PS. The van der Waals surface area contributed by atoms with Crippen LogP contribution < -0.4 is 0 Å². The van der Waals surface area contributed by atoms with E-state index in [9.17, 15) is 25.2 Å². The van der Waals surface area contributed by atoms with Crippen molar-refractivity contribution >= 4 is 18.7 Å². The Morgan fingerprint density at radius 2 is 0.833 bits per heavy atom. The fourth-order valence-electron chi connectivity index (χ4n) is 2.61. The third-order valence-corrected chi connectivity index (χ3v) is 6.14. The van der Waals surface area contributed by atoms with Gasteiger partial charge >= 0.3 is 33.0 Å². The summed E-state index contributed by atoms with van der Waals surface area (Å²) in [4.78, 5) is 4.10. The van der Waals surface area contributed by atoms with Crippen LogP contribution in [-0.4, -0.2) is 0 Å². The van der Waals surface area contributed by atoms with Gasteiger partial charge in [-0.05, 0) is 47.4 Å². The van der Waals surface area contributed by atoms with Crippen LogP contribution in [0.5, 0.6) is 0 Å². The zero-order chi connectivity index (χ0) is 22.7. The molecule has 3 rings (SSSR count). The van der Waals surface area contributed by atoms with Crippen LogP contribution >= 0.6 is 7.81 Å². The van der Waals surface area contributed by atoms with Crippen molar-refractivity contribution in [1.29, 1.82) is 0 Å². The molecule has 164 valence electrons. The van der Waals surface area contributed by atoms with Gasteiger partial charge in [0.2, 0.25) is 0 Å². The van der Waals surface area contributed by atoms with Gasteiger partial charge in [0.25, 0.3) is 0 Å². The van der Waals surface area contributed by atoms with Crippen molar-refractivity contribution in [3.63, 3.8) is 0 Å². The molecule has 0 heterocycles. The first-order chi connectivity index (χ1) is 13.5. The first kappa shape index (κ1) is 24.3. The Bertz CT molecular complexity index is 898. The van der Waals surface area contributed by atoms with E-state index in [0.717, 1.165) is 0 Å². The predicted molar refractivity (Wildman–Crippen MR) is 114 cm³/mol. The van der Waals surface area contributed by atoms with E-state index in [1.165, 1.54) is 20.2 Å². The fourth-order valence-corrected chi connectivity index (χ4v) is 4.70. The summed E-state index contributed by atoms with van der Waals surface area (Å²) in [6.45, 7) is 6.78. The Balaban J connectivity index is 0.000000396. The van der Waals surface area contributed by atoms with E-state index < -0.39 is 7.81 Å². The molecule has 0 nitrogen and oxygen atoms in total. The molecular weight excluding hydrogens is 441 g/mol. The Morgan fingerprint density at radius 3 is 1.13 bits per heavy atom. The monoisotopic (exact) mass is 464 g/mol. The maximum atomic E-state index is 9.87. The van der Waals surface area contributed by atoms with Crippen LogP contribution in [0, 0.1) is 0 Å². The van der Waals surface area contributed by atoms with Crippen molar-refractivity contribution in [2.75, 3.05) is 0 Å². The van der Waals surface area contributed by atoms with Crippen LogP contribution in [0.4, 0.5) is 25.2 Å². The third kappa shape index (κ3) is 9.23. The molecule has 3 aromatic carbocycles. The van der Waals surface area contributed by atoms with Crippen molar-refractivity contribution in [1.82, 2.24) is 0 Å². The fraction of sp³-hybridized carbons (Fsp3) is 0.182. The van der Waals surface area contributed by atoms with Gasteiger partial charge in [0.15, 0.2) is 14.7 Å². The van der Waals surface area contributed by atoms with Crippen molar-refractivity contribution in [3.05, 3.63) is 90.5 Å². The Kier molecular flexibility index (Phi) is 6.42. The van der Waals surface area contributed by atoms with E-state index in [1.807, 2.05) is 0 Å². The summed E-state index contributed by atoms with van der Waals surface area (Å²) in [6.07, 6.45) is 0. The zero-order valence-corrected chi connectivity index (χ0v) is 18.4. The van der Waals surface area contributed by atoms with Gasteiger partial charge in [-0.15, -0.1) is 0 Å². The molecule has 0 spiro atoms. The summed E-state index contributed by atoms with van der Waals surface area (Å²) in [5.41, 5.74) is 1.57. The second-order valence-corrected chi connectivity index (χ2v) is 11.6. The van der Waals surface area contributed by atoms with Gasteiger partial charge in [-0.1, -0.05) is 69.3 Å². The summed E-state index contributed by atoms with van der Waals surface area (Å²) in [6, 6.07) is 30.7. The Hall–Kier alpha value is -1.98. The molecule has 0 N–H and O–H groups in total. The Morgan fingerprint density at radius 1 is 0.533 bits per heavy atom. The molecule has 0 aromatic heterocycles. The minimum atomic E-state index is -10.7. The van der Waals surface area contributed by atoms with Crippen LogP contribution in [0.1, 0.15) is 26.3 Å². The predicted octanol–water partition coefficient (Wildman–Crippen LogP) is 9.46. The molecule has 0 aliphatic rings. The number of hydrogen-bond acceptors (Lipinski definition) is 0. The SMILES string of the molecule is CC(C)(C)c1ccc([S+](c2ccccc2)c2ccccc2)cc1.F[P-](F)(F)(F)(F)F. The average molecular weight is 464 g/mol. The molecule has 0 fully saturated rings. The number of benzene rings is 3. The summed E-state index contributed by atoms with van der Waals surface area (Å²) in [5.74, 6) is 0. The van der Waals surface area contributed by atoms with E-state index >= 15 is 0 Å². The topological polar surface area (TPSA) is 0 Å². The van der Waals surface area contributed by atoms with E-state index in [-0.39, 0.29) is 16.3 Å². The zero-order valence-electron chi connectivity index (χ0n) is 16.7. The minimum absolute atomic E-state index is 0.0497. The second-order valence-electron chi connectivity index (χ2n) is 7.66. The number of hydrogen-bond donors (Lipinski definition) is 0. The van der Waals surface area contributed by atoms with Crippen LogP contribution in [0.25, 0.3) is 0 Å². The maximum absolute atomic E-state index is 10.7. The van der Waals surface area contributed by atoms with E-state index in [2.05, 4.69) is 106 Å². The average Bonchev–Trinajstić information content (AvgIpc) is 2.61. The molecule has 0 bridgehead atoms. The molecule has 0 saturated heterocycles. The number of rotatable bonds is 3. The van der Waals surface area contributed by atoms with E-state index in [1.54, 1.807) is 0 Å². The first-order valence-corrected chi connectivity index (χ1v) is 12.3. The molecule has 8 heteroatoms. The van der Waals surface area contributed by atoms with E-state index in [0.29, 0.717) is 0 Å². The van der Waals surface area contributed by atoms with Crippen LogP contribution in [0.2, 0.25) is 0 Å². The molecule has 0 amide bonds. The van der Waals surface area contributed by atoms with E-state index in [4.69, 9.17) is 0 Å². The van der Waals surface area contributed by atoms with Gasteiger partial charge in [0, 0.05) is 0 Å². The number of halogens is 6. The van der Waals surface area contributed by atoms with Gasteiger partial charge in [-0.2, -0.15) is 0 Å². The molecule has 0 aliphatic carbocycles. The molecule has 0 aliphatic heterocycles. The van der Waals surface area contributed by atoms with Crippen molar-refractivity contribution < 1.29 is 25.2 Å². The van der Waals surface area contributed by atoms with Crippen LogP contribution in [0.15, 0.2) is 99.6 Å². The third-order valence-electron chi connectivity index (χ3n) is 3.91. The quantitative estimate of drug-likeness (QED) is 0.206. The molecule has 0 radical (unpaired) electrons. The van der Waals surface area contributed by atoms with Gasteiger partial charge < -0.3 is 0 Å². The van der Waals surface area contributed by atoms with Crippen LogP contribution in [-0.2, 0) is 16.3 Å². The van der Waals surface area contributed by atoms with Gasteiger partial charge in [0.05, 0.1) is 10.9 Å². The van der Waals surface area contributed by atoms with Crippen molar-refractivity contribution in [2.45, 2.75) is 40.9 Å². The van der Waals surface area contributed by atoms with Crippen LogP contribution in [0.3, 0.4) is 0 Å². The molecule has 0 unspecified atom stereocenters. The molecule has 30 heavy (non-hydrogen) atoms. The molecule has 0 atom stereocenters. The normalized spacial score (nSPS) is 14.3. The summed E-state index contributed by atoms with van der Waals surface area (Å²) < 4.78 is 59.2. The summed E-state index contributed by atoms with van der Waals surface area (Å²) in [7, 11) is -10.7. The second kappa shape index (κ2) is 7.93. The van der Waals surface area contributed by atoms with Crippen molar-refractivity contribution in [3.8, 4) is 0 Å². The first-order valence-electron chi connectivity index (χ1n) is 9.02. The standard InChI is InChI=1S/C22H23S.F6P/c1-22(2,3)18-14-16-21(17-15-18)23(19-10-6-4-7-11-19)20-12-8-5-9-13-20;1-7(2,3,4,5)6/h4-17H,1-3H3;/q+1;-1.